The minimum atomic E-state index is -0.700. The van der Waals surface area contributed by atoms with Crippen molar-refractivity contribution < 1.29 is 4.92 Å². The van der Waals surface area contributed by atoms with Gasteiger partial charge in [0.1, 0.15) is 0 Å². The summed E-state index contributed by atoms with van der Waals surface area (Å²) in [5, 5.41) is 27.7. The van der Waals surface area contributed by atoms with Crippen LogP contribution in [0.3, 0.4) is 0 Å². The molecular formula is C9H5N3O2. The van der Waals surface area contributed by atoms with Crippen LogP contribution in [0.25, 0.3) is 0 Å². The van der Waals surface area contributed by atoms with Crippen LogP contribution in [0, 0.1) is 38.7 Å². The summed E-state index contributed by atoms with van der Waals surface area (Å²) in [6, 6.07) is 3.70. The molecule has 0 radical (unpaired) electrons. The van der Waals surface area contributed by atoms with Gasteiger partial charge in [0.15, 0.2) is 0 Å². The quantitative estimate of drug-likeness (QED) is 0.457. The number of nitrogens with zero attached hydrogens (tertiary/aromatic N) is 3. The normalized spacial score (nSPS) is 19.7. The van der Waals surface area contributed by atoms with Gasteiger partial charge in [0.2, 0.25) is 0 Å². The van der Waals surface area contributed by atoms with Gasteiger partial charge in [-0.05, 0) is 6.08 Å². The van der Waals surface area contributed by atoms with Crippen molar-refractivity contribution in [1.29, 1.82) is 10.5 Å². The SMILES string of the molecule is N#CC1=CC=C([N+](=O)[O-])C=CC1C#N. The molecule has 0 N–H and O–H groups in total. The van der Waals surface area contributed by atoms with Crippen molar-refractivity contribution in [3.05, 3.63) is 45.7 Å². The van der Waals surface area contributed by atoms with Gasteiger partial charge < -0.3 is 0 Å². The predicted octanol–water partition coefficient (Wildman–Crippen LogP) is 1.31. The molecule has 1 unspecified atom stereocenters. The molecule has 0 heterocycles. The number of hydrogen-bond donors (Lipinski definition) is 0. The van der Waals surface area contributed by atoms with E-state index in [4.69, 9.17) is 10.5 Å². The number of hydrogen-bond acceptors (Lipinski definition) is 4. The van der Waals surface area contributed by atoms with Gasteiger partial charge in [0.05, 0.1) is 28.6 Å². The molecule has 68 valence electrons. The van der Waals surface area contributed by atoms with E-state index in [1.807, 2.05) is 12.1 Å². The van der Waals surface area contributed by atoms with E-state index < -0.39 is 10.8 Å². The summed E-state index contributed by atoms with van der Waals surface area (Å²) in [6.45, 7) is 0. The smallest absolute Gasteiger partial charge is 0.258 e. The molecule has 1 rings (SSSR count). The van der Waals surface area contributed by atoms with Crippen LogP contribution in [0.2, 0.25) is 0 Å². The largest absolute Gasteiger partial charge is 0.269 e. The Morgan fingerprint density at radius 2 is 2.14 bits per heavy atom. The van der Waals surface area contributed by atoms with Crippen LogP contribution in [-0.4, -0.2) is 4.92 Å². The zero-order valence-corrected chi connectivity index (χ0v) is 7.04. The second kappa shape index (κ2) is 4.01. The van der Waals surface area contributed by atoms with Crippen LogP contribution in [0.15, 0.2) is 35.6 Å². The minimum Gasteiger partial charge on any atom is -0.258 e. The van der Waals surface area contributed by atoms with Crippen LogP contribution >= 0.6 is 0 Å². The van der Waals surface area contributed by atoms with Gasteiger partial charge in [0.25, 0.3) is 5.70 Å². The van der Waals surface area contributed by atoms with Crippen LogP contribution < -0.4 is 0 Å². The second-order valence-corrected chi connectivity index (χ2v) is 2.55. The third kappa shape index (κ3) is 1.85. The van der Waals surface area contributed by atoms with Gasteiger partial charge in [-0.25, -0.2) is 0 Å². The van der Waals surface area contributed by atoms with E-state index in [9.17, 15) is 10.1 Å². The van der Waals surface area contributed by atoms with Gasteiger partial charge in [-0.2, -0.15) is 10.5 Å². The molecule has 0 spiro atoms. The zero-order valence-electron chi connectivity index (χ0n) is 7.04. The standard InChI is InChI=1S/C9H5N3O2/c10-5-7-1-3-9(12(13)14)4-2-8(7)6-11/h1-4,7H. The lowest BCUT2D eigenvalue weighted by molar-refractivity contribution is -0.419. The summed E-state index contributed by atoms with van der Waals surface area (Å²) in [7, 11) is 0. The van der Waals surface area contributed by atoms with Crippen molar-refractivity contribution in [3.63, 3.8) is 0 Å². The fourth-order valence-corrected chi connectivity index (χ4v) is 0.974. The van der Waals surface area contributed by atoms with Crippen molar-refractivity contribution in [2.75, 3.05) is 0 Å². The average Bonchev–Trinajstić information content (AvgIpc) is 2.38. The summed E-state index contributed by atoms with van der Waals surface area (Å²) in [4.78, 5) is 9.82. The van der Waals surface area contributed by atoms with Gasteiger partial charge >= 0.3 is 0 Å². The Bertz CT molecular complexity index is 432. The number of rotatable bonds is 1. The average molecular weight is 187 g/mol. The molecule has 0 saturated heterocycles. The summed E-state index contributed by atoms with van der Waals surface area (Å²) >= 11 is 0. The Morgan fingerprint density at radius 3 is 2.64 bits per heavy atom. The van der Waals surface area contributed by atoms with Crippen molar-refractivity contribution in [2.45, 2.75) is 0 Å². The first-order chi connectivity index (χ1) is 6.69. The first kappa shape index (κ1) is 9.69. The second-order valence-electron chi connectivity index (χ2n) is 2.55. The van der Waals surface area contributed by atoms with Crippen molar-refractivity contribution >= 4 is 0 Å². The van der Waals surface area contributed by atoms with Crippen molar-refractivity contribution in [1.82, 2.24) is 0 Å². The Kier molecular flexibility index (Phi) is 2.78. The fraction of sp³-hybridized carbons (Fsp3) is 0.111. The maximum Gasteiger partial charge on any atom is 0.269 e. The van der Waals surface area contributed by atoms with E-state index in [2.05, 4.69) is 0 Å². The lowest BCUT2D eigenvalue weighted by Crippen LogP contribution is -1.95. The van der Waals surface area contributed by atoms with E-state index in [-0.39, 0.29) is 11.3 Å². The first-order valence-corrected chi connectivity index (χ1v) is 3.73. The Hall–Kier alpha value is -2.40. The van der Waals surface area contributed by atoms with Gasteiger partial charge in [0, 0.05) is 12.2 Å². The van der Waals surface area contributed by atoms with Crippen LogP contribution in [0.1, 0.15) is 0 Å². The molecule has 0 aromatic carbocycles. The third-order valence-corrected chi connectivity index (χ3v) is 1.71. The topological polar surface area (TPSA) is 90.7 Å². The van der Waals surface area contributed by atoms with E-state index in [1.165, 1.54) is 24.3 Å². The molecule has 1 aliphatic rings. The molecule has 14 heavy (non-hydrogen) atoms. The highest BCUT2D eigenvalue weighted by Gasteiger charge is 2.15. The number of nitriles is 2. The molecule has 0 saturated carbocycles. The number of allylic oxidation sites excluding steroid dienone is 5. The maximum absolute atomic E-state index is 10.4. The van der Waals surface area contributed by atoms with Gasteiger partial charge in [-0.15, -0.1) is 0 Å². The molecule has 0 bridgehead atoms. The lowest BCUT2D eigenvalue weighted by Gasteiger charge is -1.95. The Morgan fingerprint density at radius 1 is 1.43 bits per heavy atom. The molecule has 0 aliphatic heterocycles. The Labute approximate surface area is 80.0 Å². The first-order valence-electron chi connectivity index (χ1n) is 3.73. The molecular weight excluding hydrogens is 182 g/mol. The van der Waals surface area contributed by atoms with Crippen molar-refractivity contribution in [3.8, 4) is 12.1 Å². The summed E-state index contributed by atoms with van der Waals surface area (Å²) in [6.07, 6.45) is 5.09. The molecule has 1 aliphatic carbocycles. The third-order valence-electron chi connectivity index (χ3n) is 1.71. The molecule has 0 aromatic heterocycles. The summed E-state index contributed by atoms with van der Waals surface area (Å²) in [5.74, 6) is -0.700. The summed E-state index contributed by atoms with van der Waals surface area (Å²) in [5.41, 5.74) is 0.0797. The highest BCUT2D eigenvalue weighted by atomic mass is 16.6. The summed E-state index contributed by atoms with van der Waals surface area (Å²) < 4.78 is 0. The molecule has 0 fully saturated rings. The Balaban J connectivity index is 3.12. The van der Waals surface area contributed by atoms with Crippen LogP contribution in [-0.2, 0) is 0 Å². The predicted molar refractivity (Wildman–Crippen MR) is 47.0 cm³/mol. The molecule has 5 heteroatoms. The maximum atomic E-state index is 10.4. The molecule has 5 nitrogen and oxygen atoms in total. The number of nitro groups is 1. The van der Waals surface area contributed by atoms with Crippen molar-refractivity contribution in [2.24, 2.45) is 5.92 Å². The van der Waals surface area contributed by atoms with Crippen LogP contribution in [0.4, 0.5) is 0 Å². The monoisotopic (exact) mass is 187 g/mol. The van der Waals surface area contributed by atoms with E-state index in [1.54, 1.807) is 0 Å². The highest BCUT2D eigenvalue weighted by molar-refractivity contribution is 5.40. The lowest BCUT2D eigenvalue weighted by atomic mass is 10.0. The van der Waals surface area contributed by atoms with Gasteiger partial charge in [-0.3, -0.25) is 10.1 Å². The van der Waals surface area contributed by atoms with E-state index in [0.29, 0.717) is 0 Å². The fourth-order valence-electron chi connectivity index (χ4n) is 0.974. The minimum absolute atomic E-state index is 0.129. The molecule has 0 amide bonds. The van der Waals surface area contributed by atoms with Gasteiger partial charge in [-0.1, -0.05) is 6.08 Å². The molecule has 1 atom stereocenters. The van der Waals surface area contributed by atoms with E-state index in [0.717, 1.165) is 0 Å². The van der Waals surface area contributed by atoms with Crippen LogP contribution in [0.5, 0.6) is 0 Å². The zero-order chi connectivity index (χ0) is 10.6. The highest BCUT2D eigenvalue weighted by Crippen LogP contribution is 2.16. The van der Waals surface area contributed by atoms with E-state index >= 15 is 0 Å². The molecule has 0 aromatic rings.